The van der Waals surface area contributed by atoms with Gasteiger partial charge < -0.3 is 0 Å². The molecule has 0 radical (unpaired) electrons. The highest BCUT2D eigenvalue weighted by Gasteiger charge is 2.14. The minimum atomic E-state index is -0.310. The number of hydrogen-bond donors (Lipinski definition) is 0. The van der Waals surface area contributed by atoms with Crippen molar-refractivity contribution in [1.29, 1.82) is 0 Å². The zero-order valence-corrected chi connectivity index (χ0v) is 11.8. The Labute approximate surface area is 123 Å². The molecule has 21 heavy (non-hydrogen) atoms. The van der Waals surface area contributed by atoms with Gasteiger partial charge in [0.2, 0.25) is 0 Å². The van der Waals surface area contributed by atoms with Crippen LogP contribution in [0.4, 0.5) is 4.39 Å². The number of ketones is 1. The number of fused-ring (bicyclic) bond motifs is 1. The van der Waals surface area contributed by atoms with Crippen molar-refractivity contribution in [2.75, 3.05) is 0 Å². The molecule has 0 spiro atoms. The average Bonchev–Trinajstić information content (AvgIpc) is 2.47. The summed E-state index contributed by atoms with van der Waals surface area (Å²) in [6.07, 6.45) is 0.215. The van der Waals surface area contributed by atoms with Crippen LogP contribution in [0.15, 0.2) is 60.7 Å². The molecule has 0 saturated carbocycles. The van der Waals surface area contributed by atoms with Crippen LogP contribution in [-0.4, -0.2) is 5.78 Å². The van der Waals surface area contributed by atoms with E-state index in [4.69, 9.17) is 0 Å². The van der Waals surface area contributed by atoms with Gasteiger partial charge in [0.05, 0.1) is 0 Å². The fraction of sp³-hybridized carbons (Fsp3) is 0.105. The molecular weight excluding hydrogens is 263 g/mol. The maximum atomic E-state index is 13.2. The number of carbonyl (C=O) groups is 1. The minimum absolute atomic E-state index is 0.0231. The van der Waals surface area contributed by atoms with Gasteiger partial charge in [0.25, 0.3) is 0 Å². The lowest BCUT2D eigenvalue weighted by Gasteiger charge is -2.09. The van der Waals surface area contributed by atoms with Crippen molar-refractivity contribution in [3.8, 4) is 0 Å². The standard InChI is InChI=1S/C19H15FO/c1-13-9-10-15-6-2-3-8-17(15)19(13)18(21)12-14-5-4-7-16(20)11-14/h2-11H,12H2,1H3. The monoisotopic (exact) mass is 278 g/mol. The van der Waals surface area contributed by atoms with Crippen LogP contribution in [0.2, 0.25) is 0 Å². The van der Waals surface area contributed by atoms with Gasteiger partial charge in [-0.1, -0.05) is 48.5 Å². The second-order valence-electron chi connectivity index (χ2n) is 5.21. The number of halogens is 1. The van der Waals surface area contributed by atoms with E-state index in [0.29, 0.717) is 5.56 Å². The highest BCUT2D eigenvalue weighted by Crippen LogP contribution is 2.23. The lowest BCUT2D eigenvalue weighted by Crippen LogP contribution is -2.06. The van der Waals surface area contributed by atoms with Crippen LogP contribution in [0.5, 0.6) is 0 Å². The first-order valence-corrected chi connectivity index (χ1v) is 6.91. The number of hydrogen-bond acceptors (Lipinski definition) is 1. The highest BCUT2D eigenvalue weighted by atomic mass is 19.1. The summed E-state index contributed by atoms with van der Waals surface area (Å²) in [5.41, 5.74) is 2.39. The van der Waals surface area contributed by atoms with Crippen LogP contribution in [0, 0.1) is 12.7 Å². The lowest BCUT2D eigenvalue weighted by molar-refractivity contribution is 0.0994. The number of benzene rings is 3. The summed E-state index contributed by atoms with van der Waals surface area (Å²) in [6.45, 7) is 1.94. The Morgan fingerprint density at radius 3 is 2.62 bits per heavy atom. The number of carbonyl (C=O) groups excluding carboxylic acids is 1. The third kappa shape index (κ3) is 2.70. The topological polar surface area (TPSA) is 17.1 Å². The molecule has 2 heteroatoms. The molecule has 0 N–H and O–H groups in total. The molecule has 0 fully saturated rings. The molecule has 0 atom stereocenters. The largest absolute Gasteiger partial charge is 0.294 e. The third-order valence-electron chi connectivity index (χ3n) is 3.67. The Hall–Kier alpha value is -2.48. The number of rotatable bonds is 3. The maximum Gasteiger partial charge on any atom is 0.168 e. The molecule has 0 aliphatic rings. The zero-order chi connectivity index (χ0) is 14.8. The fourth-order valence-electron chi connectivity index (χ4n) is 2.67. The lowest BCUT2D eigenvalue weighted by atomic mass is 9.93. The van der Waals surface area contributed by atoms with Crippen molar-refractivity contribution in [1.82, 2.24) is 0 Å². The van der Waals surface area contributed by atoms with Crippen molar-refractivity contribution < 1.29 is 9.18 Å². The molecule has 3 aromatic rings. The molecule has 0 saturated heterocycles. The van der Waals surface area contributed by atoms with E-state index in [1.807, 2.05) is 43.3 Å². The quantitative estimate of drug-likeness (QED) is 0.634. The summed E-state index contributed by atoms with van der Waals surface area (Å²) >= 11 is 0. The van der Waals surface area contributed by atoms with E-state index in [2.05, 4.69) is 0 Å². The van der Waals surface area contributed by atoms with Crippen LogP contribution >= 0.6 is 0 Å². The SMILES string of the molecule is Cc1ccc2ccccc2c1C(=O)Cc1cccc(F)c1. The van der Waals surface area contributed by atoms with Crippen molar-refractivity contribution in [3.63, 3.8) is 0 Å². The average molecular weight is 278 g/mol. The second kappa shape index (κ2) is 5.49. The van der Waals surface area contributed by atoms with Crippen molar-refractivity contribution in [3.05, 3.63) is 83.2 Å². The fourth-order valence-corrected chi connectivity index (χ4v) is 2.67. The molecule has 0 aliphatic heterocycles. The van der Waals surface area contributed by atoms with Crippen molar-refractivity contribution in [2.24, 2.45) is 0 Å². The summed E-state index contributed by atoms with van der Waals surface area (Å²) in [6, 6.07) is 18.0. The Kier molecular flexibility index (Phi) is 3.53. The highest BCUT2D eigenvalue weighted by molar-refractivity contribution is 6.10. The van der Waals surface area contributed by atoms with Crippen molar-refractivity contribution >= 4 is 16.6 Å². The normalized spacial score (nSPS) is 10.8. The van der Waals surface area contributed by atoms with E-state index < -0.39 is 0 Å². The molecule has 104 valence electrons. The van der Waals surface area contributed by atoms with E-state index >= 15 is 0 Å². The van der Waals surface area contributed by atoms with Gasteiger partial charge in [0.1, 0.15) is 5.82 Å². The van der Waals surface area contributed by atoms with E-state index in [0.717, 1.165) is 21.9 Å². The molecule has 0 amide bonds. The summed E-state index contributed by atoms with van der Waals surface area (Å²) in [5.74, 6) is -0.287. The van der Waals surface area contributed by atoms with Gasteiger partial charge in [-0.2, -0.15) is 0 Å². The predicted molar refractivity (Wildman–Crippen MR) is 83.1 cm³/mol. The van der Waals surface area contributed by atoms with Crippen LogP contribution in [0.3, 0.4) is 0 Å². The van der Waals surface area contributed by atoms with Crippen molar-refractivity contribution in [2.45, 2.75) is 13.3 Å². The van der Waals surface area contributed by atoms with Gasteiger partial charge in [-0.3, -0.25) is 4.79 Å². The smallest absolute Gasteiger partial charge is 0.168 e. The number of Topliss-reactive ketones (excluding diaryl/α,β-unsaturated/α-hetero) is 1. The first kappa shape index (κ1) is 13.5. The first-order valence-electron chi connectivity index (χ1n) is 6.91. The first-order chi connectivity index (χ1) is 10.1. The van der Waals surface area contributed by atoms with Gasteiger partial charge in [-0.15, -0.1) is 0 Å². The Morgan fingerprint density at radius 2 is 1.81 bits per heavy atom. The van der Waals surface area contributed by atoms with Crippen LogP contribution < -0.4 is 0 Å². The second-order valence-corrected chi connectivity index (χ2v) is 5.21. The molecule has 3 rings (SSSR count). The molecule has 0 aliphatic carbocycles. The van der Waals surface area contributed by atoms with E-state index in [1.165, 1.54) is 12.1 Å². The Balaban J connectivity index is 2.03. The van der Waals surface area contributed by atoms with E-state index in [9.17, 15) is 9.18 Å². The molecule has 0 bridgehead atoms. The Bertz CT molecular complexity index is 821. The third-order valence-corrected chi connectivity index (χ3v) is 3.67. The maximum absolute atomic E-state index is 13.2. The summed E-state index contributed by atoms with van der Waals surface area (Å²) < 4.78 is 13.2. The molecule has 3 aromatic carbocycles. The van der Waals surface area contributed by atoms with E-state index in [1.54, 1.807) is 12.1 Å². The van der Waals surface area contributed by atoms with Crippen LogP contribution in [0.25, 0.3) is 10.8 Å². The molecular formula is C19H15FO. The summed E-state index contributed by atoms with van der Waals surface area (Å²) in [4.78, 5) is 12.6. The summed E-state index contributed by atoms with van der Waals surface area (Å²) in [7, 11) is 0. The minimum Gasteiger partial charge on any atom is -0.294 e. The van der Waals surface area contributed by atoms with Gasteiger partial charge in [0.15, 0.2) is 5.78 Å². The van der Waals surface area contributed by atoms with Crippen LogP contribution in [0.1, 0.15) is 21.5 Å². The van der Waals surface area contributed by atoms with E-state index in [-0.39, 0.29) is 18.0 Å². The van der Waals surface area contributed by atoms with Gasteiger partial charge in [-0.05, 0) is 41.0 Å². The Morgan fingerprint density at radius 1 is 1.00 bits per heavy atom. The predicted octanol–water partition coefficient (Wildman–Crippen LogP) is 4.71. The van der Waals surface area contributed by atoms with Gasteiger partial charge in [0, 0.05) is 12.0 Å². The van der Waals surface area contributed by atoms with Gasteiger partial charge in [-0.25, -0.2) is 4.39 Å². The number of aryl methyl sites for hydroxylation is 1. The zero-order valence-electron chi connectivity index (χ0n) is 11.8. The van der Waals surface area contributed by atoms with Crippen LogP contribution in [-0.2, 0) is 6.42 Å². The molecule has 0 unspecified atom stereocenters. The molecule has 1 nitrogen and oxygen atoms in total. The molecule has 0 aromatic heterocycles. The summed E-state index contributed by atoms with van der Waals surface area (Å²) in [5, 5.41) is 2.00. The molecule has 0 heterocycles. The van der Waals surface area contributed by atoms with Gasteiger partial charge >= 0.3 is 0 Å².